The van der Waals surface area contributed by atoms with Gasteiger partial charge in [-0.25, -0.2) is 24.3 Å². The van der Waals surface area contributed by atoms with Gasteiger partial charge in [-0.05, 0) is 35.7 Å². The van der Waals surface area contributed by atoms with Crippen LogP contribution >= 0.6 is 0 Å². The molecule has 28 heavy (non-hydrogen) atoms. The second-order valence-electron chi connectivity index (χ2n) is 6.44. The van der Waals surface area contributed by atoms with E-state index in [4.69, 9.17) is 0 Å². The fraction of sp³-hybridized carbons (Fsp3) is 0.190. The van der Waals surface area contributed by atoms with Crippen LogP contribution in [0.1, 0.15) is 24.5 Å². The van der Waals surface area contributed by atoms with Crippen molar-refractivity contribution in [1.82, 2.24) is 29.5 Å². The Balaban J connectivity index is 1.66. The topological polar surface area (TPSA) is 69.4 Å². The van der Waals surface area contributed by atoms with Gasteiger partial charge in [-0.1, -0.05) is 13.3 Å². The number of hydrogen-bond acceptors (Lipinski definition) is 5. The van der Waals surface area contributed by atoms with Crippen LogP contribution in [-0.4, -0.2) is 29.5 Å². The van der Waals surface area contributed by atoms with Gasteiger partial charge < -0.3 is 4.57 Å². The zero-order chi connectivity index (χ0) is 19.3. The van der Waals surface area contributed by atoms with Crippen molar-refractivity contribution < 1.29 is 4.39 Å². The van der Waals surface area contributed by atoms with Gasteiger partial charge in [0.15, 0.2) is 11.6 Å². The van der Waals surface area contributed by atoms with Crippen LogP contribution < -0.4 is 0 Å². The molecule has 0 fully saturated rings. The van der Waals surface area contributed by atoms with Crippen molar-refractivity contribution in [2.75, 3.05) is 0 Å². The third-order valence-corrected chi connectivity index (χ3v) is 4.41. The summed E-state index contributed by atoms with van der Waals surface area (Å²) in [6.07, 6.45) is 13.9. The van der Waals surface area contributed by atoms with Gasteiger partial charge in [-0.2, -0.15) is 0 Å². The summed E-state index contributed by atoms with van der Waals surface area (Å²) in [6.45, 7) is 2.63. The smallest absolute Gasteiger partial charge is 0.162 e. The van der Waals surface area contributed by atoms with Crippen molar-refractivity contribution in [2.24, 2.45) is 0 Å². The van der Waals surface area contributed by atoms with Crippen molar-refractivity contribution in [2.45, 2.75) is 26.3 Å². The van der Waals surface area contributed by atoms with E-state index < -0.39 is 5.82 Å². The lowest BCUT2D eigenvalue weighted by atomic mass is 10.0. The van der Waals surface area contributed by atoms with Gasteiger partial charge in [0, 0.05) is 42.7 Å². The first-order valence-corrected chi connectivity index (χ1v) is 9.11. The largest absolute Gasteiger partial charge is 0.325 e. The Kier molecular flexibility index (Phi) is 5.14. The van der Waals surface area contributed by atoms with Gasteiger partial charge in [0.25, 0.3) is 0 Å². The standard InChI is InChI=1S/C21H19FN6/c1-2-4-16-11-24-14-27-19(16)17-9-15(10-23-12-17)13-28-8-7-26-21(28)20-18(22)5-3-6-25-20/h3,5-12,14H,2,4,13H2,1H3. The SMILES string of the molecule is CCCc1cncnc1-c1cncc(Cn2ccnc2-c2ncccc2F)c1. The molecule has 0 atom stereocenters. The quantitative estimate of drug-likeness (QED) is 0.511. The molecule has 4 aromatic rings. The van der Waals surface area contributed by atoms with Crippen LogP contribution in [0.3, 0.4) is 0 Å². The summed E-state index contributed by atoms with van der Waals surface area (Å²) in [7, 11) is 0. The first kappa shape index (κ1) is 17.9. The molecule has 0 saturated carbocycles. The van der Waals surface area contributed by atoms with Crippen molar-refractivity contribution in [3.05, 3.63) is 78.7 Å². The van der Waals surface area contributed by atoms with E-state index in [1.165, 1.54) is 6.07 Å². The van der Waals surface area contributed by atoms with Gasteiger partial charge in [0.2, 0.25) is 0 Å². The van der Waals surface area contributed by atoms with Crippen LogP contribution in [0, 0.1) is 5.82 Å². The van der Waals surface area contributed by atoms with Gasteiger partial charge in [0.05, 0.1) is 12.2 Å². The van der Waals surface area contributed by atoms with Crippen molar-refractivity contribution >= 4 is 0 Å². The second-order valence-corrected chi connectivity index (χ2v) is 6.44. The summed E-state index contributed by atoms with van der Waals surface area (Å²) in [5.74, 6) is 0.0872. The molecule has 0 bridgehead atoms. The summed E-state index contributed by atoms with van der Waals surface area (Å²) < 4.78 is 16.0. The molecule has 0 N–H and O–H groups in total. The third-order valence-electron chi connectivity index (χ3n) is 4.41. The average molecular weight is 374 g/mol. The summed E-state index contributed by atoms with van der Waals surface area (Å²) in [6, 6.07) is 5.00. The highest BCUT2D eigenvalue weighted by atomic mass is 19.1. The Labute approximate surface area is 162 Å². The highest BCUT2D eigenvalue weighted by molar-refractivity contribution is 5.62. The van der Waals surface area contributed by atoms with E-state index in [2.05, 4.69) is 31.8 Å². The molecule has 0 amide bonds. The molecule has 0 unspecified atom stereocenters. The average Bonchev–Trinajstić information content (AvgIpc) is 3.17. The van der Waals surface area contributed by atoms with Crippen LogP contribution in [0.5, 0.6) is 0 Å². The van der Waals surface area contributed by atoms with Gasteiger partial charge in [0.1, 0.15) is 12.0 Å². The summed E-state index contributed by atoms with van der Waals surface area (Å²) >= 11 is 0. The van der Waals surface area contributed by atoms with Crippen molar-refractivity contribution in [1.29, 1.82) is 0 Å². The maximum atomic E-state index is 14.1. The summed E-state index contributed by atoms with van der Waals surface area (Å²) in [5, 5.41) is 0. The molecule has 4 heterocycles. The number of aryl methyl sites for hydroxylation is 1. The second kappa shape index (κ2) is 8.04. The fourth-order valence-electron chi connectivity index (χ4n) is 3.18. The highest BCUT2D eigenvalue weighted by Crippen LogP contribution is 2.23. The Hall–Kier alpha value is -3.48. The van der Waals surface area contributed by atoms with Gasteiger partial charge >= 0.3 is 0 Å². The van der Waals surface area contributed by atoms with Crippen LogP contribution in [0.4, 0.5) is 4.39 Å². The number of halogens is 1. The van der Waals surface area contributed by atoms with Gasteiger partial charge in [-0.3, -0.25) is 4.98 Å². The predicted molar refractivity (Wildman–Crippen MR) is 104 cm³/mol. The lowest BCUT2D eigenvalue weighted by Gasteiger charge is -2.10. The Bertz CT molecular complexity index is 1090. The maximum absolute atomic E-state index is 14.1. The molecular formula is C21H19FN6. The molecule has 7 heteroatoms. The Morgan fingerprint density at radius 2 is 1.93 bits per heavy atom. The molecule has 6 nitrogen and oxygen atoms in total. The maximum Gasteiger partial charge on any atom is 0.162 e. The van der Waals surface area contributed by atoms with E-state index >= 15 is 0 Å². The minimum atomic E-state index is -0.396. The minimum Gasteiger partial charge on any atom is -0.325 e. The normalized spacial score (nSPS) is 10.9. The number of rotatable bonds is 6. The monoisotopic (exact) mass is 374 g/mol. The fourth-order valence-corrected chi connectivity index (χ4v) is 3.18. The lowest BCUT2D eigenvalue weighted by Crippen LogP contribution is -2.04. The van der Waals surface area contributed by atoms with Crippen LogP contribution in [-0.2, 0) is 13.0 Å². The van der Waals surface area contributed by atoms with Crippen LogP contribution in [0.15, 0.2) is 61.7 Å². The number of nitrogens with zero attached hydrogens (tertiary/aromatic N) is 6. The minimum absolute atomic E-state index is 0.234. The number of imidazole rings is 1. The molecule has 4 aromatic heterocycles. The number of aromatic nitrogens is 6. The van der Waals surface area contributed by atoms with Gasteiger partial charge in [-0.15, -0.1) is 0 Å². The van der Waals surface area contributed by atoms with Crippen molar-refractivity contribution in [3.63, 3.8) is 0 Å². The summed E-state index contributed by atoms with van der Waals surface area (Å²) in [5.41, 5.74) is 4.14. The molecule has 140 valence electrons. The Morgan fingerprint density at radius 1 is 1.00 bits per heavy atom. The molecule has 0 aliphatic rings. The molecule has 4 rings (SSSR count). The predicted octanol–water partition coefficient (Wildman–Crippen LogP) is 3.94. The van der Waals surface area contributed by atoms with E-state index in [-0.39, 0.29) is 5.69 Å². The molecule has 0 aromatic carbocycles. The highest BCUT2D eigenvalue weighted by Gasteiger charge is 2.13. The Morgan fingerprint density at radius 3 is 2.79 bits per heavy atom. The van der Waals surface area contributed by atoms with E-state index in [1.54, 1.807) is 37.2 Å². The molecular weight excluding hydrogens is 355 g/mol. The molecule has 0 aliphatic carbocycles. The van der Waals surface area contributed by atoms with Crippen LogP contribution in [0.2, 0.25) is 0 Å². The first-order valence-electron chi connectivity index (χ1n) is 9.11. The molecule has 0 saturated heterocycles. The van der Waals surface area contributed by atoms with E-state index in [9.17, 15) is 4.39 Å². The van der Waals surface area contributed by atoms with E-state index in [0.717, 1.165) is 35.2 Å². The molecule has 0 spiro atoms. The summed E-state index contributed by atoms with van der Waals surface area (Å²) in [4.78, 5) is 21.4. The first-order chi connectivity index (χ1) is 13.8. The lowest BCUT2D eigenvalue weighted by molar-refractivity contribution is 0.621. The third kappa shape index (κ3) is 3.64. The zero-order valence-corrected chi connectivity index (χ0v) is 15.5. The molecule has 0 radical (unpaired) electrons. The van der Waals surface area contributed by atoms with Crippen LogP contribution in [0.25, 0.3) is 22.8 Å². The number of pyridine rings is 2. The van der Waals surface area contributed by atoms with E-state index in [0.29, 0.717) is 12.4 Å². The van der Waals surface area contributed by atoms with Crippen molar-refractivity contribution in [3.8, 4) is 22.8 Å². The molecule has 0 aliphatic heterocycles. The number of hydrogen-bond donors (Lipinski definition) is 0. The zero-order valence-electron chi connectivity index (χ0n) is 15.5. The van der Waals surface area contributed by atoms with E-state index in [1.807, 2.05) is 23.0 Å².